The number of hydrogen-bond acceptors (Lipinski definition) is 3. The molecule has 13 heavy (non-hydrogen) atoms. The lowest BCUT2D eigenvalue weighted by atomic mass is 9.81. The summed E-state index contributed by atoms with van der Waals surface area (Å²) in [7, 11) is 1.47. The van der Waals surface area contributed by atoms with Gasteiger partial charge >= 0.3 is 5.97 Å². The average molecular weight is 184 g/mol. The SMILES string of the molecule is COC(=O)[C@@]12CCC[C@@H]1O[C@@H](C)C2. The standard InChI is InChI=1S/C10H16O3/c1-7-6-10(9(11)12-2)5-3-4-8(10)13-7/h7-8H,3-6H2,1-2H3/t7-,8-,10+/m0/s1. The topological polar surface area (TPSA) is 35.5 Å². The Hall–Kier alpha value is -0.570. The summed E-state index contributed by atoms with van der Waals surface area (Å²) in [4.78, 5) is 11.7. The fourth-order valence-electron chi connectivity index (χ4n) is 2.83. The van der Waals surface area contributed by atoms with Crippen molar-refractivity contribution < 1.29 is 14.3 Å². The third kappa shape index (κ3) is 1.17. The minimum atomic E-state index is -0.297. The maximum Gasteiger partial charge on any atom is 0.314 e. The summed E-state index contributed by atoms with van der Waals surface area (Å²) >= 11 is 0. The summed E-state index contributed by atoms with van der Waals surface area (Å²) < 4.78 is 10.6. The predicted octanol–water partition coefficient (Wildman–Crippen LogP) is 1.51. The molecule has 1 saturated heterocycles. The number of fused-ring (bicyclic) bond motifs is 1. The highest BCUT2D eigenvalue weighted by Crippen LogP contribution is 2.50. The maximum atomic E-state index is 11.7. The van der Waals surface area contributed by atoms with E-state index < -0.39 is 0 Å². The van der Waals surface area contributed by atoms with E-state index in [0.29, 0.717) is 0 Å². The Kier molecular flexibility index (Phi) is 2.06. The molecule has 1 aliphatic carbocycles. The van der Waals surface area contributed by atoms with E-state index in [2.05, 4.69) is 0 Å². The second kappa shape index (κ2) is 2.98. The van der Waals surface area contributed by atoms with Crippen molar-refractivity contribution in [2.24, 2.45) is 5.41 Å². The van der Waals surface area contributed by atoms with Crippen molar-refractivity contribution >= 4 is 5.97 Å². The highest BCUT2D eigenvalue weighted by molar-refractivity contribution is 5.78. The van der Waals surface area contributed by atoms with Crippen LogP contribution in [0.2, 0.25) is 0 Å². The van der Waals surface area contributed by atoms with E-state index in [1.165, 1.54) is 7.11 Å². The molecule has 2 fully saturated rings. The van der Waals surface area contributed by atoms with Crippen molar-refractivity contribution in [3.8, 4) is 0 Å². The lowest BCUT2D eigenvalue weighted by molar-refractivity contribution is -0.154. The van der Waals surface area contributed by atoms with Crippen molar-refractivity contribution in [2.45, 2.75) is 44.8 Å². The molecule has 3 atom stereocenters. The maximum absolute atomic E-state index is 11.7. The van der Waals surface area contributed by atoms with Gasteiger partial charge in [0, 0.05) is 0 Å². The van der Waals surface area contributed by atoms with Crippen LogP contribution in [0.15, 0.2) is 0 Å². The molecule has 0 bridgehead atoms. The number of ether oxygens (including phenoxy) is 2. The Labute approximate surface area is 78.4 Å². The Balaban J connectivity index is 2.23. The molecule has 0 N–H and O–H groups in total. The molecule has 0 radical (unpaired) electrons. The van der Waals surface area contributed by atoms with Gasteiger partial charge in [-0.2, -0.15) is 0 Å². The quantitative estimate of drug-likeness (QED) is 0.579. The molecular weight excluding hydrogens is 168 g/mol. The molecule has 0 spiro atoms. The number of rotatable bonds is 1. The molecule has 1 heterocycles. The molecule has 2 rings (SSSR count). The van der Waals surface area contributed by atoms with Crippen LogP contribution in [0.4, 0.5) is 0 Å². The second-order valence-corrected chi connectivity index (χ2v) is 4.18. The molecule has 3 heteroatoms. The first kappa shape index (κ1) is 9.00. The molecule has 3 nitrogen and oxygen atoms in total. The fourth-order valence-corrected chi connectivity index (χ4v) is 2.83. The molecule has 0 aromatic rings. The third-order valence-electron chi connectivity index (χ3n) is 3.35. The van der Waals surface area contributed by atoms with Gasteiger partial charge in [0.05, 0.1) is 24.7 Å². The Morgan fingerprint density at radius 3 is 3.08 bits per heavy atom. The number of hydrogen-bond donors (Lipinski definition) is 0. The summed E-state index contributed by atoms with van der Waals surface area (Å²) in [5.41, 5.74) is -0.297. The van der Waals surface area contributed by atoms with Gasteiger partial charge in [-0.25, -0.2) is 0 Å². The van der Waals surface area contributed by atoms with E-state index in [1.54, 1.807) is 0 Å². The summed E-state index contributed by atoms with van der Waals surface area (Å²) in [6.07, 6.45) is 4.21. The minimum absolute atomic E-state index is 0.0700. The predicted molar refractivity (Wildman–Crippen MR) is 47.3 cm³/mol. The Bertz CT molecular complexity index is 226. The van der Waals surface area contributed by atoms with Gasteiger partial charge < -0.3 is 9.47 Å². The van der Waals surface area contributed by atoms with E-state index >= 15 is 0 Å². The first-order valence-electron chi connectivity index (χ1n) is 4.93. The van der Waals surface area contributed by atoms with Crippen LogP contribution in [0, 0.1) is 5.41 Å². The van der Waals surface area contributed by atoms with Crippen molar-refractivity contribution in [3.05, 3.63) is 0 Å². The monoisotopic (exact) mass is 184 g/mol. The zero-order chi connectivity index (χ0) is 9.47. The Morgan fingerprint density at radius 1 is 1.62 bits per heavy atom. The lowest BCUT2D eigenvalue weighted by Gasteiger charge is -2.23. The molecule has 1 saturated carbocycles. The third-order valence-corrected chi connectivity index (χ3v) is 3.35. The van der Waals surface area contributed by atoms with Gasteiger partial charge in [-0.05, 0) is 32.6 Å². The zero-order valence-electron chi connectivity index (χ0n) is 8.21. The number of methoxy groups -OCH3 is 1. The van der Waals surface area contributed by atoms with Gasteiger partial charge in [0.15, 0.2) is 0 Å². The van der Waals surface area contributed by atoms with Crippen LogP contribution >= 0.6 is 0 Å². The average Bonchev–Trinajstić information content (AvgIpc) is 2.59. The van der Waals surface area contributed by atoms with E-state index in [0.717, 1.165) is 25.7 Å². The highest BCUT2D eigenvalue weighted by atomic mass is 16.5. The van der Waals surface area contributed by atoms with Gasteiger partial charge in [0.2, 0.25) is 0 Å². The molecule has 0 aromatic heterocycles. The fraction of sp³-hybridized carbons (Fsp3) is 0.900. The van der Waals surface area contributed by atoms with E-state index in [-0.39, 0.29) is 23.6 Å². The van der Waals surface area contributed by atoms with Crippen LogP contribution < -0.4 is 0 Å². The summed E-state index contributed by atoms with van der Waals surface area (Å²) in [5, 5.41) is 0. The second-order valence-electron chi connectivity index (χ2n) is 4.18. The molecule has 1 aliphatic heterocycles. The largest absolute Gasteiger partial charge is 0.469 e. The van der Waals surface area contributed by atoms with Crippen LogP contribution in [0.3, 0.4) is 0 Å². The van der Waals surface area contributed by atoms with Crippen LogP contribution in [-0.2, 0) is 14.3 Å². The normalized spacial score (nSPS) is 43.2. The van der Waals surface area contributed by atoms with Crippen molar-refractivity contribution in [2.75, 3.05) is 7.11 Å². The highest BCUT2D eigenvalue weighted by Gasteiger charge is 2.56. The van der Waals surface area contributed by atoms with Crippen molar-refractivity contribution in [1.29, 1.82) is 0 Å². The smallest absolute Gasteiger partial charge is 0.314 e. The summed E-state index contributed by atoms with van der Waals surface area (Å²) in [6.45, 7) is 2.03. The molecule has 74 valence electrons. The number of carbonyl (C=O) groups is 1. The van der Waals surface area contributed by atoms with Crippen molar-refractivity contribution in [1.82, 2.24) is 0 Å². The molecule has 2 aliphatic rings. The minimum Gasteiger partial charge on any atom is -0.469 e. The van der Waals surface area contributed by atoms with Crippen LogP contribution in [0.1, 0.15) is 32.6 Å². The molecule has 0 amide bonds. The van der Waals surface area contributed by atoms with E-state index in [9.17, 15) is 4.79 Å². The molecule has 0 unspecified atom stereocenters. The van der Waals surface area contributed by atoms with E-state index in [1.807, 2.05) is 6.92 Å². The molecular formula is C10H16O3. The summed E-state index contributed by atoms with van der Waals surface area (Å²) in [6, 6.07) is 0. The number of esters is 1. The lowest BCUT2D eigenvalue weighted by Crippen LogP contribution is -2.35. The van der Waals surface area contributed by atoms with Crippen LogP contribution in [0.25, 0.3) is 0 Å². The Morgan fingerprint density at radius 2 is 2.38 bits per heavy atom. The van der Waals surface area contributed by atoms with Gasteiger partial charge in [-0.3, -0.25) is 4.79 Å². The van der Waals surface area contributed by atoms with Crippen LogP contribution in [-0.4, -0.2) is 25.3 Å². The number of carbonyl (C=O) groups excluding carboxylic acids is 1. The van der Waals surface area contributed by atoms with Crippen LogP contribution in [0.5, 0.6) is 0 Å². The first-order chi connectivity index (χ1) is 6.19. The van der Waals surface area contributed by atoms with Crippen molar-refractivity contribution in [3.63, 3.8) is 0 Å². The van der Waals surface area contributed by atoms with Gasteiger partial charge in [-0.1, -0.05) is 0 Å². The first-order valence-corrected chi connectivity index (χ1v) is 4.93. The van der Waals surface area contributed by atoms with E-state index in [4.69, 9.17) is 9.47 Å². The zero-order valence-corrected chi connectivity index (χ0v) is 8.21. The molecule has 0 aromatic carbocycles. The van der Waals surface area contributed by atoms with Gasteiger partial charge in [-0.15, -0.1) is 0 Å². The van der Waals surface area contributed by atoms with Gasteiger partial charge in [0.25, 0.3) is 0 Å². The van der Waals surface area contributed by atoms with Gasteiger partial charge in [0.1, 0.15) is 0 Å². The summed E-state index contributed by atoms with van der Waals surface area (Å²) in [5.74, 6) is -0.0700.